The molecule has 270 valence electrons. The third-order valence-corrected chi connectivity index (χ3v) is 10.4. The second-order valence-corrected chi connectivity index (χ2v) is 13.6. The van der Waals surface area contributed by atoms with Gasteiger partial charge in [0.15, 0.2) is 0 Å². The first-order valence-electron chi connectivity index (χ1n) is 17.7. The van der Waals surface area contributed by atoms with Crippen LogP contribution in [0.1, 0.15) is 73.4 Å². The summed E-state index contributed by atoms with van der Waals surface area (Å²) in [7, 11) is 0. The molecule has 0 aliphatic heterocycles. The number of aryl methyl sites for hydroxylation is 1. The Morgan fingerprint density at radius 1 is 0.873 bits per heavy atom. The van der Waals surface area contributed by atoms with E-state index in [4.69, 9.17) is 9.72 Å². The van der Waals surface area contributed by atoms with Crippen LogP contribution >= 0.6 is 0 Å². The molecule has 0 N–H and O–H groups in total. The third-order valence-electron chi connectivity index (χ3n) is 10.4. The van der Waals surface area contributed by atoms with Crippen molar-refractivity contribution in [3.05, 3.63) is 172 Å². The Bertz CT molecular complexity index is 2670. The van der Waals surface area contributed by atoms with Gasteiger partial charge in [0, 0.05) is 42.9 Å². The number of alkyl halides is 3. The number of benzene rings is 5. The zero-order valence-corrected chi connectivity index (χ0v) is 29.5. The number of pyridine rings is 1. The summed E-state index contributed by atoms with van der Waals surface area (Å²) >= 11 is 0. The highest BCUT2D eigenvalue weighted by atomic mass is 19.4. The summed E-state index contributed by atoms with van der Waals surface area (Å²) in [6.07, 6.45) is 0.731. The lowest BCUT2D eigenvalue weighted by Crippen LogP contribution is -2.26. The van der Waals surface area contributed by atoms with Crippen molar-refractivity contribution < 1.29 is 27.5 Å². The van der Waals surface area contributed by atoms with E-state index in [2.05, 4.69) is 16.0 Å². The van der Waals surface area contributed by atoms with Gasteiger partial charge in [0.1, 0.15) is 5.78 Å². The van der Waals surface area contributed by atoms with E-state index in [1.807, 2.05) is 67.6 Å². The predicted molar refractivity (Wildman–Crippen MR) is 201 cm³/mol. The minimum atomic E-state index is -4.60. The minimum absolute atomic E-state index is 0.00304. The number of esters is 1. The molecule has 0 bridgehead atoms. The Hall–Kier alpha value is -6.73. The molecule has 10 heteroatoms. The number of nitriles is 1. The lowest BCUT2D eigenvalue weighted by Gasteiger charge is -2.34. The normalized spacial score (nSPS) is 15.4. The fourth-order valence-corrected chi connectivity index (χ4v) is 7.84. The lowest BCUT2D eigenvalue weighted by atomic mass is 9.68. The van der Waals surface area contributed by atoms with Crippen LogP contribution in [-0.4, -0.2) is 33.3 Å². The van der Waals surface area contributed by atoms with Crippen LogP contribution in [0.15, 0.2) is 122 Å². The topological polar surface area (TPSA) is 106 Å². The minimum Gasteiger partial charge on any atom is -0.459 e. The van der Waals surface area contributed by atoms with E-state index in [-0.39, 0.29) is 30.2 Å². The smallest absolute Gasteiger partial charge is 0.416 e. The summed E-state index contributed by atoms with van der Waals surface area (Å²) < 4.78 is 47.6. The van der Waals surface area contributed by atoms with E-state index in [1.54, 1.807) is 36.7 Å². The fraction of sp³-hybridized carbons (Fsp3) is 0.156. The number of hydrogen-bond donors (Lipinski definition) is 0. The Morgan fingerprint density at radius 2 is 1.64 bits per heavy atom. The van der Waals surface area contributed by atoms with Crippen molar-refractivity contribution in [1.29, 1.82) is 5.26 Å². The average molecular weight is 733 g/mol. The molecule has 7 nitrogen and oxygen atoms in total. The molecule has 0 saturated heterocycles. The van der Waals surface area contributed by atoms with Crippen molar-refractivity contribution >= 4 is 33.3 Å². The van der Waals surface area contributed by atoms with Crippen molar-refractivity contribution in [2.75, 3.05) is 6.61 Å². The van der Waals surface area contributed by atoms with Gasteiger partial charge >= 0.3 is 12.1 Å². The molecule has 0 spiro atoms. The molecule has 0 amide bonds. The molecule has 0 saturated carbocycles. The van der Waals surface area contributed by atoms with E-state index in [1.165, 1.54) is 12.3 Å². The number of fused-ring (bicyclic) bond motifs is 5. The van der Waals surface area contributed by atoms with Crippen molar-refractivity contribution in [1.82, 2.24) is 15.0 Å². The van der Waals surface area contributed by atoms with Crippen LogP contribution in [0.3, 0.4) is 0 Å². The van der Waals surface area contributed by atoms with E-state index in [0.717, 1.165) is 55.9 Å². The Kier molecular flexibility index (Phi) is 9.15. The van der Waals surface area contributed by atoms with E-state index in [9.17, 15) is 28.0 Å². The molecule has 2 heterocycles. The maximum Gasteiger partial charge on any atom is 0.416 e. The van der Waals surface area contributed by atoms with Gasteiger partial charge in [0.05, 0.1) is 35.4 Å². The molecule has 0 fully saturated rings. The second kappa shape index (κ2) is 14.3. The predicted octanol–water partition coefficient (Wildman–Crippen LogP) is 9.68. The largest absolute Gasteiger partial charge is 0.459 e. The number of nitrogens with zero attached hydrogens (tertiary/aromatic N) is 4. The number of Topliss-reactive ketones (excluding diaryl/α,β-unsaturated/α-hetero) is 1. The summed E-state index contributed by atoms with van der Waals surface area (Å²) in [5.41, 5.74) is 4.97. The molecule has 2 atom stereocenters. The number of carbonyl (C=O) groups is 2. The summed E-state index contributed by atoms with van der Waals surface area (Å²) in [6.45, 7) is 2.08. The van der Waals surface area contributed by atoms with Gasteiger partial charge in [-0.1, -0.05) is 66.7 Å². The molecule has 7 aromatic rings. The first-order valence-corrected chi connectivity index (χ1v) is 17.7. The molecule has 1 aliphatic carbocycles. The van der Waals surface area contributed by atoms with Gasteiger partial charge in [-0.3, -0.25) is 9.78 Å². The van der Waals surface area contributed by atoms with Crippen LogP contribution in [0.5, 0.6) is 0 Å². The molecular formula is C45H31F3N4O3. The SMILES string of the molecule is Cc1c(-c2ccnc(C(=O)OCCc3ccncc3)n2)c2c3c(ccc2c2ccccc12)C(c1cccc(C(F)(F)F)c1)C(=O)CC3c1ccc(C#N)cc1. The Morgan fingerprint density at radius 3 is 2.38 bits per heavy atom. The van der Waals surface area contributed by atoms with Crippen LogP contribution in [-0.2, 0) is 22.1 Å². The highest BCUT2D eigenvalue weighted by molar-refractivity contribution is 6.18. The highest BCUT2D eigenvalue weighted by Gasteiger charge is 2.39. The molecule has 8 rings (SSSR count). The molecule has 55 heavy (non-hydrogen) atoms. The molecule has 1 aliphatic rings. The maximum atomic E-state index is 14.3. The van der Waals surface area contributed by atoms with Crippen molar-refractivity contribution in [3.63, 3.8) is 0 Å². The Balaban J connectivity index is 1.36. The van der Waals surface area contributed by atoms with Crippen LogP contribution in [0.4, 0.5) is 13.2 Å². The summed E-state index contributed by atoms with van der Waals surface area (Å²) in [5.74, 6) is -2.53. The van der Waals surface area contributed by atoms with Gasteiger partial charge in [0.2, 0.25) is 5.82 Å². The summed E-state index contributed by atoms with van der Waals surface area (Å²) in [4.78, 5) is 40.7. The maximum absolute atomic E-state index is 14.3. The van der Waals surface area contributed by atoms with Crippen LogP contribution in [0, 0.1) is 18.3 Å². The number of halogens is 3. The third kappa shape index (κ3) is 6.59. The Labute approximate surface area is 314 Å². The van der Waals surface area contributed by atoms with Gasteiger partial charge < -0.3 is 4.74 Å². The van der Waals surface area contributed by atoms with Crippen LogP contribution in [0.25, 0.3) is 32.8 Å². The van der Waals surface area contributed by atoms with Crippen molar-refractivity contribution in [2.24, 2.45) is 0 Å². The number of carbonyl (C=O) groups excluding carboxylic acids is 2. The number of ketones is 1. The number of aromatic nitrogens is 3. The zero-order valence-electron chi connectivity index (χ0n) is 29.5. The quantitative estimate of drug-likeness (QED) is 0.119. The van der Waals surface area contributed by atoms with Gasteiger partial charge in [-0.25, -0.2) is 14.8 Å². The molecule has 2 aromatic heterocycles. The van der Waals surface area contributed by atoms with Gasteiger partial charge in [-0.15, -0.1) is 0 Å². The molecule has 0 radical (unpaired) electrons. The van der Waals surface area contributed by atoms with E-state index in [0.29, 0.717) is 28.8 Å². The van der Waals surface area contributed by atoms with Gasteiger partial charge in [0.25, 0.3) is 0 Å². The standard InChI is InChI=1S/C45H31F3N4O3/c1-26-32-7-2-3-8-33(32)34-13-14-35-40(30-5-4-6-31(23-30)45(46,47)48)38(53)24-36(29-11-9-28(25-49)10-12-29)41(35)42(34)39(26)37-17-21-51-43(52-37)44(54)55-22-18-27-15-19-50-20-16-27/h2-17,19-21,23,36,40H,18,22,24H2,1H3. The summed E-state index contributed by atoms with van der Waals surface area (Å²) in [6, 6.07) is 31.2. The molecule has 2 unspecified atom stereocenters. The van der Waals surface area contributed by atoms with Crippen molar-refractivity contribution in [2.45, 2.75) is 37.8 Å². The van der Waals surface area contributed by atoms with E-state index >= 15 is 0 Å². The zero-order chi connectivity index (χ0) is 38.3. The molecule has 5 aromatic carbocycles. The van der Waals surface area contributed by atoms with Gasteiger partial charge in [-0.2, -0.15) is 18.4 Å². The number of ether oxygens (including phenoxy) is 1. The highest BCUT2D eigenvalue weighted by Crippen LogP contribution is 2.51. The average Bonchev–Trinajstić information content (AvgIpc) is 3.20. The lowest BCUT2D eigenvalue weighted by molar-refractivity contribution is -0.137. The first kappa shape index (κ1) is 35.3. The van der Waals surface area contributed by atoms with Crippen LogP contribution in [0.2, 0.25) is 0 Å². The molecular weight excluding hydrogens is 702 g/mol. The summed E-state index contributed by atoms with van der Waals surface area (Å²) in [5, 5.41) is 13.1. The second-order valence-electron chi connectivity index (χ2n) is 13.6. The van der Waals surface area contributed by atoms with E-state index < -0.39 is 29.5 Å². The number of rotatable bonds is 7. The first-order chi connectivity index (χ1) is 26.6. The van der Waals surface area contributed by atoms with Crippen molar-refractivity contribution in [3.8, 4) is 17.3 Å². The van der Waals surface area contributed by atoms with Gasteiger partial charge in [-0.05, 0) is 98.2 Å². The fourth-order valence-electron chi connectivity index (χ4n) is 7.84. The monoisotopic (exact) mass is 732 g/mol. The number of hydrogen-bond acceptors (Lipinski definition) is 7. The van der Waals surface area contributed by atoms with Crippen LogP contribution < -0.4 is 0 Å².